The first-order valence-electron chi connectivity index (χ1n) is 6.08. The molecule has 0 unspecified atom stereocenters. The summed E-state index contributed by atoms with van der Waals surface area (Å²) in [6, 6.07) is 9.81. The Balaban J connectivity index is 2.07. The maximum atomic E-state index is 11.4. The van der Waals surface area contributed by atoms with Crippen LogP contribution in [0.5, 0.6) is 0 Å². The van der Waals surface area contributed by atoms with Crippen LogP contribution >= 0.6 is 0 Å². The molecule has 5 nitrogen and oxygen atoms in total. The van der Waals surface area contributed by atoms with Gasteiger partial charge in [0.2, 0.25) is 10.0 Å². The van der Waals surface area contributed by atoms with Gasteiger partial charge >= 0.3 is 0 Å². The van der Waals surface area contributed by atoms with E-state index in [0.717, 1.165) is 5.56 Å². The van der Waals surface area contributed by atoms with E-state index in [1.807, 2.05) is 31.2 Å². The van der Waals surface area contributed by atoms with Crippen LogP contribution in [-0.4, -0.2) is 24.0 Å². The quantitative estimate of drug-likeness (QED) is 0.910. The minimum Gasteiger partial charge on any atom is -0.266 e. The van der Waals surface area contributed by atoms with Crippen LogP contribution in [-0.2, 0) is 16.6 Å². The monoisotopic (exact) mass is 279 g/mol. The van der Waals surface area contributed by atoms with E-state index in [1.165, 1.54) is 5.56 Å². The van der Waals surface area contributed by atoms with Crippen LogP contribution in [0.3, 0.4) is 0 Å². The Kier molecular flexibility index (Phi) is 3.90. The molecule has 0 aliphatic rings. The molecule has 0 spiro atoms. The second kappa shape index (κ2) is 5.44. The number of anilines is 1. The Morgan fingerprint density at radius 1 is 1.21 bits per heavy atom. The molecule has 0 amide bonds. The van der Waals surface area contributed by atoms with Crippen molar-refractivity contribution in [3.8, 4) is 0 Å². The van der Waals surface area contributed by atoms with E-state index in [4.69, 9.17) is 0 Å². The summed E-state index contributed by atoms with van der Waals surface area (Å²) in [5.41, 5.74) is 2.33. The van der Waals surface area contributed by atoms with Gasteiger partial charge in [-0.2, -0.15) is 5.10 Å². The Hall–Kier alpha value is -1.82. The van der Waals surface area contributed by atoms with Crippen LogP contribution in [0.2, 0.25) is 0 Å². The Labute approximate surface area is 113 Å². The highest BCUT2D eigenvalue weighted by atomic mass is 32.2. The Bertz CT molecular complexity index is 645. The number of hydrogen-bond donors (Lipinski definition) is 1. The van der Waals surface area contributed by atoms with E-state index in [2.05, 4.69) is 9.82 Å². The molecule has 1 N–H and O–H groups in total. The Morgan fingerprint density at radius 2 is 1.89 bits per heavy atom. The van der Waals surface area contributed by atoms with Gasteiger partial charge < -0.3 is 0 Å². The molecule has 0 aliphatic heterocycles. The highest BCUT2D eigenvalue weighted by Crippen LogP contribution is 2.09. The molecule has 6 heteroatoms. The highest BCUT2D eigenvalue weighted by molar-refractivity contribution is 7.92. The molecule has 2 rings (SSSR count). The number of nitrogens with one attached hydrogen (secondary N) is 1. The van der Waals surface area contributed by atoms with Crippen molar-refractivity contribution in [3.63, 3.8) is 0 Å². The molecule has 1 heterocycles. The lowest BCUT2D eigenvalue weighted by molar-refractivity contribution is 0.602. The van der Waals surface area contributed by atoms with Crippen molar-refractivity contribution in [1.29, 1.82) is 0 Å². The van der Waals surface area contributed by atoms with Crippen molar-refractivity contribution in [1.82, 2.24) is 9.78 Å². The number of rotatable bonds is 5. The number of benzene rings is 1. The molecule has 0 atom stereocenters. The fourth-order valence-corrected chi connectivity index (χ4v) is 2.19. The normalized spacial score (nSPS) is 11.5. The molecular weight excluding hydrogens is 262 g/mol. The maximum absolute atomic E-state index is 11.4. The number of aromatic nitrogens is 2. The average Bonchev–Trinajstić information content (AvgIpc) is 2.79. The SMILES string of the molecule is CCS(=O)(=O)Nc1ccn(Cc2ccc(C)cc2)n1. The first-order valence-corrected chi connectivity index (χ1v) is 7.73. The van der Waals surface area contributed by atoms with Gasteiger partial charge in [-0.15, -0.1) is 0 Å². The summed E-state index contributed by atoms with van der Waals surface area (Å²) in [6.45, 7) is 4.25. The van der Waals surface area contributed by atoms with Crippen LogP contribution in [0.4, 0.5) is 5.82 Å². The summed E-state index contributed by atoms with van der Waals surface area (Å²) >= 11 is 0. The lowest BCUT2D eigenvalue weighted by Gasteiger charge is -2.03. The third kappa shape index (κ3) is 3.82. The molecule has 2 aromatic rings. The van der Waals surface area contributed by atoms with Crippen molar-refractivity contribution in [2.75, 3.05) is 10.5 Å². The molecule has 102 valence electrons. The van der Waals surface area contributed by atoms with Crippen LogP contribution in [0.25, 0.3) is 0 Å². The van der Waals surface area contributed by atoms with Gasteiger partial charge in [0.1, 0.15) is 0 Å². The number of sulfonamides is 1. The molecule has 0 radical (unpaired) electrons. The molecule has 0 saturated carbocycles. The fraction of sp³-hybridized carbons (Fsp3) is 0.308. The zero-order chi connectivity index (χ0) is 13.9. The first kappa shape index (κ1) is 13.6. The van der Waals surface area contributed by atoms with Gasteiger partial charge in [-0.1, -0.05) is 29.8 Å². The lowest BCUT2D eigenvalue weighted by Crippen LogP contribution is -2.15. The van der Waals surface area contributed by atoms with Gasteiger partial charge in [-0.25, -0.2) is 8.42 Å². The van der Waals surface area contributed by atoms with E-state index < -0.39 is 10.0 Å². The van der Waals surface area contributed by atoms with Crippen molar-refractivity contribution in [2.24, 2.45) is 0 Å². The first-order chi connectivity index (χ1) is 8.98. The fourth-order valence-electron chi connectivity index (χ4n) is 1.62. The largest absolute Gasteiger partial charge is 0.266 e. The number of nitrogens with zero attached hydrogens (tertiary/aromatic N) is 2. The minimum absolute atomic E-state index is 0.0395. The molecule has 0 aliphatic carbocycles. The average molecular weight is 279 g/mol. The van der Waals surface area contributed by atoms with Crippen LogP contribution in [0, 0.1) is 6.92 Å². The molecule has 1 aromatic carbocycles. The van der Waals surface area contributed by atoms with E-state index >= 15 is 0 Å². The number of hydrogen-bond acceptors (Lipinski definition) is 3. The molecule has 0 saturated heterocycles. The lowest BCUT2D eigenvalue weighted by atomic mass is 10.1. The van der Waals surface area contributed by atoms with Crippen molar-refractivity contribution < 1.29 is 8.42 Å². The molecular formula is C13H17N3O2S. The third-order valence-electron chi connectivity index (χ3n) is 2.75. The molecule has 0 bridgehead atoms. The number of aryl methyl sites for hydroxylation is 1. The molecule has 0 fully saturated rings. The second-order valence-electron chi connectivity index (χ2n) is 4.39. The van der Waals surface area contributed by atoms with Crippen molar-refractivity contribution >= 4 is 15.8 Å². The van der Waals surface area contributed by atoms with Gasteiger partial charge in [-0.3, -0.25) is 9.40 Å². The van der Waals surface area contributed by atoms with Gasteiger partial charge in [-0.05, 0) is 19.4 Å². The predicted octanol–water partition coefficient (Wildman–Crippen LogP) is 2.00. The minimum atomic E-state index is -3.26. The molecule has 1 aromatic heterocycles. The summed E-state index contributed by atoms with van der Waals surface area (Å²) in [4.78, 5) is 0. The second-order valence-corrected chi connectivity index (χ2v) is 6.40. The highest BCUT2D eigenvalue weighted by Gasteiger charge is 2.08. The van der Waals surface area contributed by atoms with E-state index in [1.54, 1.807) is 23.9 Å². The summed E-state index contributed by atoms with van der Waals surface area (Å²) in [6.07, 6.45) is 1.76. The van der Waals surface area contributed by atoms with Crippen molar-refractivity contribution in [2.45, 2.75) is 20.4 Å². The smallest absolute Gasteiger partial charge is 0.233 e. The zero-order valence-corrected chi connectivity index (χ0v) is 11.8. The van der Waals surface area contributed by atoms with Gasteiger partial charge in [0, 0.05) is 12.3 Å². The predicted molar refractivity (Wildman–Crippen MR) is 75.6 cm³/mol. The topological polar surface area (TPSA) is 64.0 Å². The van der Waals surface area contributed by atoms with E-state index in [9.17, 15) is 8.42 Å². The van der Waals surface area contributed by atoms with E-state index in [0.29, 0.717) is 12.4 Å². The van der Waals surface area contributed by atoms with Crippen LogP contribution in [0.15, 0.2) is 36.5 Å². The summed E-state index contributed by atoms with van der Waals surface area (Å²) in [5.74, 6) is 0.395. The van der Waals surface area contributed by atoms with Crippen LogP contribution < -0.4 is 4.72 Å². The summed E-state index contributed by atoms with van der Waals surface area (Å²) in [7, 11) is -3.26. The Morgan fingerprint density at radius 3 is 2.53 bits per heavy atom. The van der Waals surface area contributed by atoms with Crippen LogP contribution in [0.1, 0.15) is 18.1 Å². The van der Waals surface area contributed by atoms with E-state index in [-0.39, 0.29) is 5.75 Å². The standard InChI is InChI=1S/C13H17N3O2S/c1-3-19(17,18)15-13-8-9-16(14-13)10-12-6-4-11(2)5-7-12/h4-9H,3,10H2,1-2H3,(H,14,15). The van der Waals surface area contributed by atoms with Gasteiger partial charge in [0.05, 0.1) is 12.3 Å². The third-order valence-corrected chi connectivity index (χ3v) is 4.03. The van der Waals surface area contributed by atoms with Gasteiger partial charge in [0.25, 0.3) is 0 Å². The molecule has 19 heavy (non-hydrogen) atoms. The summed E-state index contributed by atoms with van der Waals surface area (Å²) < 4.78 is 27.0. The zero-order valence-electron chi connectivity index (χ0n) is 11.0. The maximum Gasteiger partial charge on any atom is 0.233 e. The summed E-state index contributed by atoms with van der Waals surface area (Å²) in [5, 5.41) is 4.19. The van der Waals surface area contributed by atoms with Gasteiger partial charge in [0.15, 0.2) is 5.82 Å². The van der Waals surface area contributed by atoms with Crippen molar-refractivity contribution in [3.05, 3.63) is 47.7 Å².